The van der Waals surface area contributed by atoms with Gasteiger partial charge in [-0.2, -0.15) is 0 Å². The van der Waals surface area contributed by atoms with E-state index in [2.05, 4.69) is 26.6 Å². The topological polar surface area (TPSA) is 253 Å². The summed E-state index contributed by atoms with van der Waals surface area (Å²) < 4.78 is 5.89. The molecule has 9 atom stereocenters. The average Bonchev–Trinajstić information content (AvgIpc) is 4.24. The Morgan fingerprint density at radius 3 is 2.13 bits per heavy atom. The van der Waals surface area contributed by atoms with Crippen LogP contribution >= 0.6 is 23.5 Å². The molecule has 1 saturated carbocycles. The Kier molecular flexibility index (Phi) is 28.5. The second-order valence-electron chi connectivity index (χ2n) is 23.7. The molecule has 3 heterocycles. The summed E-state index contributed by atoms with van der Waals surface area (Å²) in [5.74, 6) is -4.33. The maximum absolute atomic E-state index is 14.4. The smallest absolute Gasteiger partial charge is 0.306 e. The lowest BCUT2D eigenvalue weighted by molar-refractivity contribution is -0.149. The third-order valence-corrected chi connectivity index (χ3v) is 19.3. The Balaban J connectivity index is 1.07. The van der Waals surface area contributed by atoms with E-state index in [1.54, 1.807) is 60.3 Å². The first kappa shape index (κ1) is 67.6. The molecule has 3 aliphatic heterocycles. The van der Waals surface area contributed by atoms with Gasteiger partial charge in [0.1, 0.15) is 23.2 Å². The fraction of sp³-hybridized carbons (Fsp3) is 0.721. The van der Waals surface area contributed by atoms with Gasteiger partial charge in [0.25, 0.3) is 5.91 Å². The van der Waals surface area contributed by atoms with E-state index in [0.717, 1.165) is 44.2 Å². The average molecular weight is 1180 g/mol. The highest BCUT2D eigenvalue weighted by atomic mass is 32.2. The van der Waals surface area contributed by atoms with Crippen LogP contribution in [0.15, 0.2) is 35.4 Å². The molecule has 6 N–H and O–H groups in total. The number of carboxylic acids is 1. The van der Waals surface area contributed by atoms with Crippen LogP contribution in [0, 0.1) is 17.8 Å². The number of piperidine rings is 1. The number of likely N-dealkylation sites (N-methyl/N-ethyl adjacent to an activating group) is 2. The number of hydrogen-bond acceptors (Lipinski definition) is 14. The summed E-state index contributed by atoms with van der Waals surface area (Å²) >= 11 is 2.98. The molecule has 458 valence electrons. The molecule has 4 aliphatic rings. The van der Waals surface area contributed by atoms with E-state index in [0.29, 0.717) is 43.2 Å². The summed E-state index contributed by atoms with van der Waals surface area (Å²) in [6.45, 7) is 11.7. The lowest BCUT2D eigenvalue weighted by atomic mass is 9.92. The van der Waals surface area contributed by atoms with Gasteiger partial charge in [0.05, 0.1) is 23.8 Å². The maximum atomic E-state index is 14.4. The largest absolute Gasteiger partial charge is 0.481 e. The number of nitrogens with one attached hydrogen (secondary N) is 5. The molecule has 1 aromatic rings. The SMILES string of the molecule is CC[C@H](C)[C@H](NC(=O)[C@H]1CCCCN1C)C(=O)N(C)[C@H](C[C@@H](OC(C)=O)C1NC(C(=O)N[C@@H](Cc2ccc(NC(=O)CNC(=O)CCCCCN3C(=O)CC(SC4CCCCCCCCCC4)C3=O)cc2)CC(C)C(=O)O)=CS1)C(C)C. The van der Waals surface area contributed by atoms with Crippen LogP contribution in [0.1, 0.15) is 182 Å². The summed E-state index contributed by atoms with van der Waals surface area (Å²) in [4.78, 5) is 123. The monoisotopic (exact) mass is 1180 g/mol. The molecular weight excluding hydrogens is 1080 g/mol. The lowest BCUT2D eigenvalue weighted by Gasteiger charge is -2.39. The molecule has 7 amide bonds. The molecule has 1 aliphatic carbocycles. The normalized spacial score (nSPS) is 21.6. The Bertz CT molecular complexity index is 2330. The number of carbonyl (C=O) groups is 9. The number of thioether (sulfide) groups is 2. The third kappa shape index (κ3) is 21.8. The molecule has 0 aromatic heterocycles. The number of esters is 1. The Morgan fingerprint density at radius 1 is 0.854 bits per heavy atom. The van der Waals surface area contributed by atoms with E-state index in [4.69, 9.17) is 4.74 Å². The van der Waals surface area contributed by atoms with Gasteiger partial charge in [-0.25, -0.2) is 0 Å². The number of amides is 7. The summed E-state index contributed by atoms with van der Waals surface area (Å²) in [5.41, 5.74) is 1.45. The Morgan fingerprint density at radius 2 is 1.51 bits per heavy atom. The number of likely N-dealkylation sites (tertiary alicyclic amines) is 2. The number of unbranched alkanes of at least 4 members (excludes halogenated alkanes) is 2. The van der Waals surface area contributed by atoms with Crippen molar-refractivity contribution in [3.8, 4) is 0 Å². The van der Waals surface area contributed by atoms with Crippen molar-refractivity contribution in [3.05, 3.63) is 40.9 Å². The molecule has 1 aromatic carbocycles. The molecular formula is C61H96N8O11S2. The minimum Gasteiger partial charge on any atom is -0.481 e. The number of imide groups is 1. The number of aliphatic carboxylic acids is 1. The zero-order valence-corrected chi connectivity index (χ0v) is 51.7. The van der Waals surface area contributed by atoms with Gasteiger partial charge in [-0.05, 0) is 94.5 Å². The summed E-state index contributed by atoms with van der Waals surface area (Å²) in [6, 6.07) is 4.83. The van der Waals surface area contributed by atoms with Crippen molar-refractivity contribution in [2.45, 2.75) is 229 Å². The van der Waals surface area contributed by atoms with Gasteiger partial charge in [0.2, 0.25) is 35.4 Å². The zero-order chi connectivity index (χ0) is 59.9. The van der Waals surface area contributed by atoms with Crippen molar-refractivity contribution in [2.75, 3.05) is 39.0 Å². The number of hydrogen-bond donors (Lipinski definition) is 6. The molecule has 5 rings (SSSR count). The van der Waals surface area contributed by atoms with Crippen molar-refractivity contribution in [2.24, 2.45) is 17.8 Å². The van der Waals surface area contributed by atoms with E-state index >= 15 is 0 Å². The first-order chi connectivity index (χ1) is 39.1. The van der Waals surface area contributed by atoms with E-state index in [9.17, 15) is 48.3 Å². The van der Waals surface area contributed by atoms with Gasteiger partial charge < -0.3 is 41.3 Å². The standard InChI is InChI=1S/C61H96N8O11S2/c1-9-40(4)55(66-57(75)48-25-20-22-31-67(48)7)60(77)68(8)49(39(2)3)35-50(80-42(6)70)58-65-47(38-81-58)56(74)64-45(33-41(5)61(78)79)34-43-27-29-44(30-28-43)63-53(72)37-62-52(71)26-19-16-21-32-69-54(73)36-51(59(69)76)82-46-23-17-14-12-10-11-13-15-18-24-46/h27-30,38-41,45-46,48-51,55,58,65H,9-26,31-37H2,1-8H3,(H,62,71)(H,63,72)(H,64,74)(H,66,75)(H,78,79)/t40-,41?,45+,48+,49+,50+,51?,55-,58?/m0/s1. The quantitative estimate of drug-likeness (QED) is 0.0253. The van der Waals surface area contributed by atoms with Crippen LogP contribution in [0.3, 0.4) is 0 Å². The number of anilines is 1. The van der Waals surface area contributed by atoms with Crippen LogP contribution in [0.25, 0.3) is 0 Å². The summed E-state index contributed by atoms with van der Waals surface area (Å²) in [5, 5.41) is 25.8. The highest BCUT2D eigenvalue weighted by Gasteiger charge is 2.41. The van der Waals surface area contributed by atoms with Crippen LogP contribution < -0.4 is 26.6 Å². The molecule has 0 spiro atoms. The minimum atomic E-state index is -1.02. The lowest BCUT2D eigenvalue weighted by Crippen LogP contribution is -2.58. The van der Waals surface area contributed by atoms with Gasteiger partial charge in [0, 0.05) is 68.2 Å². The predicted molar refractivity (Wildman–Crippen MR) is 322 cm³/mol. The maximum Gasteiger partial charge on any atom is 0.306 e. The van der Waals surface area contributed by atoms with Gasteiger partial charge >= 0.3 is 11.9 Å². The van der Waals surface area contributed by atoms with Gasteiger partial charge in [0.15, 0.2) is 0 Å². The van der Waals surface area contributed by atoms with Crippen molar-refractivity contribution < 1.29 is 53.0 Å². The molecule has 19 nitrogen and oxygen atoms in total. The Labute approximate surface area is 495 Å². The second kappa shape index (κ2) is 34.6. The van der Waals surface area contributed by atoms with Crippen molar-refractivity contribution >= 4 is 82.5 Å². The van der Waals surface area contributed by atoms with Gasteiger partial charge in [-0.15, -0.1) is 23.5 Å². The van der Waals surface area contributed by atoms with Crippen LogP contribution in [0.5, 0.6) is 0 Å². The van der Waals surface area contributed by atoms with E-state index in [-0.39, 0.29) is 97.0 Å². The zero-order valence-electron chi connectivity index (χ0n) is 50.1. The number of carboxylic acid groups (broad SMARTS) is 1. The van der Waals surface area contributed by atoms with E-state index in [1.807, 2.05) is 39.6 Å². The van der Waals surface area contributed by atoms with Crippen LogP contribution in [0.2, 0.25) is 0 Å². The molecule has 21 heteroatoms. The number of rotatable bonds is 29. The number of nitrogens with zero attached hydrogens (tertiary/aromatic N) is 3. The minimum absolute atomic E-state index is 0.0773. The number of ether oxygens (including phenoxy) is 1. The highest BCUT2D eigenvalue weighted by Crippen LogP contribution is 2.35. The van der Waals surface area contributed by atoms with Gasteiger partial charge in [-0.1, -0.05) is 117 Å². The number of benzene rings is 1. The second-order valence-corrected chi connectivity index (χ2v) is 26.2. The van der Waals surface area contributed by atoms with Crippen LogP contribution in [0.4, 0.5) is 5.69 Å². The Hall–Kier alpha value is -5.15. The summed E-state index contributed by atoms with van der Waals surface area (Å²) in [7, 11) is 3.65. The fourth-order valence-corrected chi connectivity index (χ4v) is 14.0. The predicted octanol–water partition coefficient (Wildman–Crippen LogP) is 7.91. The molecule has 0 radical (unpaired) electrons. The third-order valence-electron chi connectivity index (χ3n) is 16.7. The van der Waals surface area contributed by atoms with Gasteiger partial charge in [-0.3, -0.25) is 53.0 Å². The molecule has 3 fully saturated rings. The van der Waals surface area contributed by atoms with Crippen molar-refractivity contribution in [1.29, 1.82) is 0 Å². The highest BCUT2D eigenvalue weighted by molar-refractivity contribution is 8.03. The van der Waals surface area contributed by atoms with Crippen LogP contribution in [-0.4, -0.2) is 153 Å². The molecule has 0 bridgehead atoms. The molecule has 2 saturated heterocycles. The fourth-order valence-electron chi connectivity index (χ4n) is 11.5. The molecule has 3 unspecified atom stereocenters. The first-order valence-electron chi connectivity index (χ1n) is 30.4. The van der Waals surface area contributed by atoms with Crippen LogP contribution in [-0.2, 0) is 54.3 Å². The van der Waals surface area contributed by atoms with E-state index < -0.39 is 59.3 Å². The van der Waals surface area contributed by atoms with Crippen molar-refractivity contribution in [1.82, 2.24) is 36.0 Å². The van der Waals surface area contributed by atoms with Crippen molar-refractivity contribution in [3.63, 3.8) is 0 Å². The number of carbonyl (C=O) groups excluding carboxylic acids is 8. The summed E-state index contributed by atoms with van der Waals surface area (Å²) in [6.07, 6.45) is 17.7. The molecule has 82 heavy (non-hydrogen) atoms. The van der Waals surface area contributed by atoms with E-state index in [1.165, 1.54) is 75.0 Å². The first-order valence-corrected chi connectivity index (χ1v) is 32.3.